The standard InChI is InChI=1S/C25H18ClN3O4S/c26-19-12-11-15(29(32)33)13-18(19)23(30)28-25-22(17-8-4-10-21(17)34-25)24(31)27-20-9-3-6-14-5-1-2-7-16(14)20/h1-3,5-7,9,11-13H,4,8,10H2,(H,27,31)(H,28,30). The number of hydrogen-bond acceptors (Lipinski definition) is 5. The lowest BCUT2D eigenvalue weighted by atomic mass is 10.1. The van der Waals surface area contributed by atoms with Gasteiger partial charge in [-0.2, -0.15) is 0 Å². The molecule has 1 aliphatic rings. The number of rotatable bonds is 5. The van der Waals surface area contributed by atoms with E-state index in [-0.39, 0.29) is 22.2 Å². The minimum Gasteiger partial charge on any atom is -0.321 e. The second kappa shape index (κ2) is 8.89. The Balaban J connectivity index is 1.49. The lowest BCUT2D eigenvalue weighted by Crippen LogP contribution is -2.18. The number of anilines is 2. The smallest absolute Gasteiger partial charge is 0.270 e. The summed E-state index contributed by atoms with van der Waals surface area (Å²) in [7, 11) is 0. The molecule has 9 heteroatoms. The molecule has 4 aromatic rings. The summed E-state index contributed by atoms with van der Waals surface area (Å²) in [5.74, 6) is -0.913. The van der Waals surface area contributed by atoms with E-state index in [2.05, 4.69) is 10.6 Å². The summed E-state index contributed by atoms with van der Waals surface area (Å²) in [6.07, 6.45) is 2.53. The summed E-state index contributed by atoms with van der Waals surface area (Å²) in [5, 5.41) is 19.3. The molecule has 34 heavy (non-hydrogen) atoms. The Morgan fingerprint density at radius 1 is 0.971 bits per heavy atom. The van der Waals surface area contributed by atoms with Crippen molar-refractivity contribution >= 4 is 61.9 Å². The number of aryl methyl sites for hydroxylation is 1. The molecule has 0 bridgehead atoms. The first-order chi connectivity index (χ1) is 16.4. The highest BCUT2D eigenvalue weighted by molar-refractivity contribution is 7.17. The Bertz CT molecular complexity index is 1480. The van der Waals surface area contributed by atoms with E-state index in [0.29, 0.717) is 16.3 Å². The van der Waals surface area contributed by atoms with Crippen LogP contribution in [0.4, 0.5) is 16.4 Å². The maximum atomic E-state index is 13.5. The summed E-state index contributed by atoms with van der Waals surface area (Å²) in [6, 6.07) is 17.1. The fraction of sp³-hybridized carbons (Fsp3) is 0.120. The Hall–Kier alpha value is -3.75. The predicted octanol–water partition coefficient (Wildman–Crippen LogP) is 6.46. The molecule has 1 aromatic heterocycles. The fourth-order valence-corrected chi connectivity index (χ4v) is 5.71. The van der Waals surface area contributed by atoms with Crippen molar-refractivity contribution in [1.82, 2.24) is 0 Å². The van der Waals surface area contributed by atoms with Crippen LogP contribution in [0.1, 0.15) is 37.6 Å². The number of fused-ring (bicyclic) bond motifs is 2. The number of hydrogen-bond donors (Lipinski definition) is 2. The van der Waals surface area contributed by atoms with Gasteiger partial charge in [-0.25, -0.2) is 0 Å². The molecule has 2 amide bonds. The molecule has 2 N–H and O–H groups in total. The number of amides is 2. The van der Waals surface area contributed by atoms with Gasteiger partial charge in [0.1, 0.15) is 5.00 Å². The molecule has 1 heterocycles. The molecule has 0 saturated carbocycles. The van der Waals surface area contributed by atoms with Gasteiger partial charge >= 0.3 is 0 Å². The number of nitrogens with one attached hydrogen (secondary N) is 2. The Labute approximate surface area is 203 Å². The van der Waals surface area contributed by atoms with E-state index in [1.807, 2.05) is 42.5 Å². The zero-order valence-corrected chi connectivity index (χ0v) is 19.3. The third kappa shape index (κ3) is 4.02. The SMILES string of the molecule is O=C(Nc1sc2c(c1C(=O)Nc1cccc3ccccc13)CCC2)c1cc([N+](=O)[O-])ccc1Cl. The monoisotopic (exact) mass is 491 g/mol. The number of non-ortho nitro benzene ring substituents is 1. The Morgan fingerprint density at radius 3 is 2.59 bits per heavy atom. The van der Waals surface area contributed by atoms with E-state index >= 15 is 0 Å². The molecular formula is C25H18ClN3O4S. The lowest BCUT2D eigenvalue weighted by Gasteiger charge is -2.12. The van der Waals surface area contributed by atoms with Crippen LogP contribution in [-0.2, 0) is 12.8 Å². The average Bonchev–Trinajstić information content (AvgIpc) is 3.40. The van der Waals surface area contributed by atoms with Crippen LogP contribution in [-0.4, -0.2) is 16.7 Å². The van der Waals surface area contributed by atoms with Crippen molar-refractivity contribution in [2.24, 2.45) is 0 Å². The van der Waals surface area contributed by atoms with Crippen molar-refractivity contribution in [3.05, 3.63) is 97.4 Å². The minimum atomic E-state index is -0.604. The van der Waals surface area contributed by atoms with Gasteiger partial charge in [0, 0.05) is 28.1 Å². The summed E-state index contributed by atoms with van der Waals surface area (Å²) < 4.78 is 0. The van der Waals surface area contributed by atoms with E-state index in [4.69, 9.17) is 11.6 Å². The fourth-order valence-electron chi connectivity index (χ4n) is 4.22. The molecule has 0 atom stereocenters. The van der Waals surface area contributed by atoms with E-state index in [1.165, 1.54) is 23.5 Å². The van der Waals surface area contributed by atoms with Crippen LogP contribution < -0.4 is 10.6 Å². The first-order valence-electron chi connectivity index (χ1n) is 10.6. The minimum absolute atomic E-state index is 0.0233. The third-order valence-electron chi connectivity index (χ3n) is 5.82. The molecule has 3 aromatic carbocycles. The zero-order valence-electron chi connectivity index (χ0n) is 17.8. The van der Waals surface area contributed by atoms with E-state index in [9.17, 15) is 19.7 Å². The van der Waals surface area contributed by atoms with Crippen LogP contribution in [0.25, 0.3) is 10.8 Å². The number of benzene rings is 3. The largest absolute Gasteiger partial charge is 0.321 e. The molecule has 0 spiro atoms. The first kappa shape index (κ1) is 22.1. The number of carbonyl (C=O) groups excluding carboxylic acids is 2. The molecule has 170 valence electrons. The number of nitro benzene ring substituents is 1. The zero-order chi connectivity index (χ0) is 23.8. The lowest BCUT2D eigenvalue weighted by molar-refractivity contribution is -0.384. The first-order valence-corrected chi connectivity index (χ1v) is 11.8. The summed E-state index contributed by atoms with van der Waals surface area (Å²) in [4.78, 5) is 38.1. The molecule has 0 fully saturated rings. The topological polar surface area (TPSA) is 101 Å². The quantitative estimate of drug-likeness (QED) is 0.247. The van der Waals surface area contributed by atoms with Crippen molar-refractivity contribution in [3.63, 3.8) is 0 Å². The summed E-state index contributed by atoms with van der Waals surface area (Å²) >= 11 is 7.50. The molecule has 0 unspecified atom stereocenters. The highest BCUT2D eigenvalue weighted by Gasteiger charge is 2.28. The Kier molecular flexibility index (Phi) is 5.77. The van der Waals surface area contributed by atoms with Crippen LogP contribution in [0.15, 0.2) is 60.7 Å². The van der Waals surface area contributed by atoms with Crippen molar-refractivity contribution < 1.29 is 14.5 Å². The number of thiophene rings is 1. The van der Waals surface area contributed by atoms with Crippen LogP contribution in [0.5, 0.6) is 0 Å². The summed E-state index contributed by atoms with van der Waals surface area (Å²) in [5.41, 5.74) is 1.78. The van der Waals surface area contributed by atoms with Gasteiger partial charge < -0.3 is 10.6 Å². The normalized spacial score (nSPS) is 12.4. The van der Waals surface area contributed by atoms with Gasteiger partial charge in [-0.15, -0.1) is 11.3 Å². The maximum Gasteiger partial charge on any atom is 0.270 e. The van der Waals surface area contributed by atoms with Gasteiger partial charge in [0.05, 0.1) is 21.1 Å². The second-order valence-electron chi connectivity index (χ2n) is 7.92. The number of nitro groups is 1. The highest BCUT2D eigenvalue weighted by atomic mass is 35.5. The number of halogens is 1. The Morgan fingerprint density at radius 2 is 1.76 bits per heavy atom. The molecule has 0 aliphatic heterocycles. The highest BCUT2D eigenvalue weighted by Crippen LogP contribution is 2.40. The number of carbonyl (C=O) groups is 2. The molecule has 7 nitrogen and oxygen atoms in total. The summed E-state index contributed by atoms with van der Waals surface area (Å²) in [6.45, 7) is 0. The van der Waals surface area contributed by atoms with Gasteiger partial charge in [-0.3, -0.25) is 19.7 Å². The van der Waals surface area contributed by atoms with Crippen LogP contribution in [0, 0.1) is 10.1 Å². The van der Waals surface area contributed by atoms with Gasteiger partial charge in [0.15, 0.2) is 0 Å². The van der Waals surface area contributed by atoms with Gasteiger partial charge in [0.25, 0.3) is 17.5 Å². The van der Waals surface area contributed by atoms with Crippen molar-refractivity contribution in [2.75, 3.05) is 10.6 Å². The average molecular weight is 492 g/mol. The molecular weight excluding hydrogens is 474 g/mol. The van der Waals surface area contributed by atoms with Crippen LogP contribution >= 0.6 is 22.9 Å². The number of nitrogens with zero attached hydrogens (tertiary/aromatic N) is 1. The predicted molar refractivity (Wildman–Crippen MR) is 134 cm³/mol. The van der Waals surface area contributed by atoms with Crippen LogP contribution in [0.2, 0.25) is 5.02 Å². The third-order valence-corrected chi connectivity index (χ3v) is 7.36. The molecule has 5 rings (SSSR count). The van der Waals surface area contributed by atoms with Crippen molar-refractivity contribution in [3.8, 4) is 0 Å². The van der Waals surface area contributed by atoms with Crippen molar-refractivity contribution in [1.29, 1.82) is 0 Å². The van der Waals surface area contributed by atoms with E-state index < -0.39 is 10.8 Å². The van der Waals surface area contributed by atoms with Gasteiger partial charge in [0.2, 0.25) is 0 Å². The molecule has 0 saturated heterocycles. The van der Waals surface area contributed by atoms with Gasteiger partial charge in [-0.05, 0) is 42.3 Å². The van der Waals surface area contributed by atoms with E-state index in [1.54, 1.807) is 0 Å². The van der Waals surface area contributed by atoms with Crippen molar-refractivity contribution in [2.45, 2.75) is 19.3 Å². The van der Waals surface area contributed by atoms with Crippen LogP contribution in [0.3, 0.4) is 0 Å². The maximum absolute atomic E-state index is 13.5. The van der Waals surface area contributed by atoms with Gasteiger partial charge in [-0.1, -0.05) is 48.0 Å². The second-order valence-corrected chi connectivity index (χ2v) is 9.43. The molecule has 0 radical (unpaired) electrons. The molecule has 1 aliphatic carbocycles. The van der Waals surface area contributed by atoms with E-state index in [0.717, 1.165) is 46.5 Å².